The van der Waals surface area contributed by atoms with Crippen LogP contribution < -0.4 is 0 Å². The molecule has 272 valence electrons. The van der Waals surface area contributed by atoms with E-state index in [1.807, 2.05) is 75.5 Å². The molecule has 8 heteroatoms. The molecule has 2 aliphatic heterocycles. The number of ether oxygens (including phenoxy) is 3. The number of rotatable bonds is 9. The van der Waals surface area contributed by atoms with Gasteiger partial charge >= 0.3 is 11.9 Å². The number of allylic oxidation sites excluding steroid dienone is 10. The highest BCUT2D eigenvalue weighted by Crippen LogP contribution is 2.53. The minimum Gasteiger partial charge on any atom is -0.462 e. The Morgan fingerprint density at radius 2 is 1.56 bits per heavy atom. The van der Waals surface area contributed by atoms with Gasteiger partial charge in [0, 0.05) is 25.3 Å². The molecular weight excluding hydrogens is 645 g/mol. The zero-order valence-electron chi connectivity index (χ0n) is 32.2. The van der Waals surface area contributed by atoms with Gasteiger partial charge in [-0.25, -0.2) is 4.79 Å². The number of fused-ring (bicyclic) bond motifs is 1. The van der Waals surface area contributed by atoms with Gasteiger partial charge in [-0.2, -0.15) is 0 Å². The minimum atomic E-state index is -1.92. The van der Waals surface area contributed by atoms with E-state index in [-0.39, 0.29) is 22.9 Å². The van der Waals surface area contributed by atoms with E-state index >= 15 is 0 Å². The van der Waals surface area contributed by atoms with Crippen molar-refractivity contribution in [1.29, 1.82) is 0 Å². The maximum atomic E-state index is 12.8. The van der Waals surface area contributed by atoms with E-state index in [1.54, 1.807) is 6.08 Å². The predicted molar refractivity (Wildman–Crippen MR) is 201 cm³/mol. The van der Waals surface area contributed by atoms with Crippen LogP contribution in [0, 0.1) is 10.8 Å². The molecule has 2 aliphatic carbocycles. The molecule has 0 aromatic carbocycles. The molecule has 50 heavy (non-hydrogen) atoms. The first-order chi connectivity index (χ1) is 23.0. The maximum absolute atomic E-state index is 12.8. The van der Waals surface area contributed by atoms with Crippen LogP contribution in [0.3, 0.4) is 0 Å². The first-order valence-electron chi connectivity index (χ1n) is 17.8. The van der Waals surface area contributed by atoms with Gasteiger partial charge < -0.3 is 23.7 Å². The summed E-state index contributed by atoms with van der Waals surface area (Å²) in [5.41, 5.74) is 6.66. The third-order valence-electron chi connectivity index (χ3n) is 9.72. The van der Waals surface area contributed by atoms with E-state index in [0.29, 0.717) is 30.6 Å². The Labute approximate surface area is 301 Å². The smallest absolute Gasteiger partial charge is 0.342 e. The molecule has 2 saturated carbocycles. The molecule has 5 atom stereocenters. The topological polar surface area (TPSA) is 91.3 Å². The van der Waals surface area contributed by atoms with Gasteiger partial charge in [-0.15, -0.1) is 5.73 Å². The second kappa shape index (κ2) is 14.8. The summed E-state index contributed by atoms with van der Waals surface area (Å²) in [5, 5.41) is 10.4. The summed E-state index contributed by atoms with van der Waals surface area (Å²) >= 11 is 0. The highest BCUT2D eigenvalue weighted by Gasteiger charge is 2.52. The number of esters is 2. The average molecular weight is 703 g/mol. The molecular formula is C42H58O7Si. The van der Waals surface area contributed by atoms with Crippen LogP contribution >= 0.6 is 0 Å². The molecule has 2 heterocycles. The minimum absolute atomic E-state index is 0.196. The Balaban J connectivity index is 1.42. The van der Waals surface area contributed by atoms with Crippen LogP contribution in [0.25, 0.3) is 0 Å². The highest BCUT2D eigenvalue weighted by molar-refractivity contribution is 6.69. The number of aliphatic hydroxyl groups is 1. The van der Waals surface area contributed by atoms with E-state index in [0.717, 1.165) is 28.7 Å². The molecule has 0 aromatic heterocycles. The number of cyclic esters (lactones) is 1. The summed E-state index contributed by atoms with van der Waals surface area (Å²) < 4.78 is 24.4. The van der Waals surface area contributed by atoms with E-state index in [1.165, 1.54) is 6.92 Å². The SMILES string of the molecule is CC(=O)O[C@H]1CC(C)(C)C(=C=C/C(C)=C/C=C/C=C/C=C(C)/C=C2/C=C([C@H]3C=C4C(C)(C)C[C@H](O)C[C@@]4(C)O3)C(=O)O2)[C@](C)(O[Si](C)(C)C)C1. The molecule has 0 saturated heterocycles. The zero-order chi connectivity index (χ0) is 37.3. The van der Waals surface area contributed by atoms with Crippen molar-refractivity contribution in [2.24, 2.45) is 10.8 Å². The molecule has 1 N–H and O–H groups in total. The molecule has 0 radical (unpaired) electrons. The van der Waals surface area contributed by atoms with Gasteiger partial charge in [-0.1, -0.05) is 64.2 Å². The van der Waals surface area contributed by atoms with Crippen molar-refractivity contribution in [1.82, 2.24) is 0 Å². The largest absolute Gasteiger partial charge is 0.462 e. The molecule has 4 rings (SSSR count). The van der Waals surface area contributed by atoms with Gasteiger partial charge in [0.05, 0.1) is 22.9 Å². The second-order valence-corrected chi connectivity index (χ2v) is 21.5. The van der Waals surface area contributed by atoms with E-state index in [9.17, 15) is 14.7 Å². The van der Waals surface area contributed by atoms with Crippen molar-refractivity contribution >= 4 is 20.3 Å². The summed E-state index contributed by atoms with van der Waals surface area (Å²) in [6, 6.07) is 0. The molecule has 4 aliphatic rings. The fourth-order valence-electron chi connectivity index (χ4n) is 8.34. The monoisotopic (exact) mass is 702 g/mol. The van der Waals surface area contributed by atoms with Crippen molar-refractivity contribution in [2.45, 2.75) is 137 Å². The Morgan fingerprint density at radius 3 is 2.18 bits per heavy atom. The first kappa shape index (κ1) is 39.5. The Kier molecular flexibility index (Phi) is 11.7. The Bertz CT molecular complexity index is 1650. The molecule has 0 spiro atoms. The van der Waals surface area contributed by atoms with Crippen LogP contribution in [-0.4, -0.2) is 54.9 Å². The first-order valence-corrected chi connectivity index (χ1v) is 21.2. The maximum Gasteiger partial charge on any atom is 0.342 e. The summed E-state index contributed by atoms with van der Waals surface area (Å²) in [5.74, 6) is -0.176. The van der Waals surface area contributed by atoms with E-state index in [4.69, 9.17) is 18.6 Å². The molecule has 0 bridgehead atoms. The lowest BCUT2D eigenvalue weighted by Gasteiger charge is -2.49. The lowest BCUT2D eigenvalue weighted by Crippen LogP contribution is -2.52. The van der Waals surface area contributed by atoms with Gasteiger partial charge in [-0.05, 0) is 112 Å². The van der Waals surface area contributed by atoms with Crippen molar-refractivity contribution in [3.63, 3.8) is 0 Å². The molecule has 0 amide bonds. The van der Waals surface area contributed by atoms with Crippen molar-refractivity contribution < 1.29 is 33.3 Å². The highest BCUT2D eigenvalue weighted by atomic mass is 28.4. The number of carbonyl (C=O) groups excluding carboxylic acids is 2. The second-order valence-electron chi connectivity index (χ2n) is 17.1. The standard InChI is InChI=1S/C42H58O7Si/c1-28(19-20-36-40(6,7)26-33(46-30(3)43)27-42(36,9)49-50(10,11)12)17-15-13-14-16-18-29(2)21-32-22-34(38(45)47-32)35-23-37-39(4,5)24-31(44)25-41(37,8)48-35/h13-19,21-23,31,33,35,44H,24-27H2,1-12H3/b15-13+,16-14+,28-17+,29-18+,32-21-/t20?,31-,33-,35+,41+,42+/m0/s1. The van der Waals surface area contributed by atoms with Crippen LogP contribution in [0.4, 0.5) is 0 Å². The van der Waals surface area contributed by atoms with Crippen LogP contribution in [0.5, 0.6) is 0 Å². The fraction of sp³-hybridized carbons (Fsp3) is 0.548. The summed E-state index contributed by atoms with van der Waals surface area (Å²) in [7, 11) is -1.92. The molecule has 0 aromatic rings. The van der Waals surface area contributed by atoms with Crippen LogP contribution in [0.1, 0.15) is 88.0 Å². The van der Waals surface area contributed by atoms with Gasteiger partial charge in [0.1, 0.15) is 18.0 Å². The lowest BCUT2D eigenvalue weighted by atomic mass is 9.65. The van der Waals surface area contributed by atoms with Crippen LogP contribution in [0.2, 0.25) is 19.6 Å². The summed E-state index contributed by atoms with van der Waals surface area (Å²) in [6.07, 6.45) is 20.9. The number of carbonyl (C=O) groups is 2. The zero-order valence-corrected chi connectivity index (χ0v) is 33.2. The summed E-state index contributed by atoms with van der Waals surface area (Å²) in [6.45, 7) is 24.7. The third kappa shape index (κ3) is 9.74. The molecule has 0 unspecified atom stereocenters. The van der Waals surface area contributed by atoms with Gasteiger partial charge in [0.25, 0.3) is 0 Å². The number of aliphatic hydroxyl groups excluding tert-OH is 1. The van der Waals surface area contributed by atoms with Gasteiger partial charge in [-0.3, -0.25) is 4.79 Å². The van der Waals surface area contributed by atoms with Crippen molar-refractivity contribution in [3.05, 3.63) is 100 Å². The number of hydrogen-bond donors (Lipinski definition) is 1. The normalized spacial score (nSPS) is 32.2. The van der Waals surface area contributed by atoms with E-state index in [2.05, 4.69) is 60.0 Å². The lowest BCUT2D eigenvalue weighted by molar-refractivity contribution is -0.152. The molecule has 7 nitrogen and oxygen atoms in total. The Morgan fingerprint density at radius 1 is 0.920 bits per heavy atom. The fourth-order valence-corrected chi connectivity index (χ4v) is 9.87. The van der Waals surface area contributed by atoms with Gasteiger partial charge in [0.2, 0.25) is 0 Å². The number of hydrogen-bond acceptors (Lipinski definition) is 7. The van der Waals surface area contributed by atoms with Crippen LogP contribution in [0.15, 0.2) is 100 Å². The van der Waals surface area contributed by atoms with E-state index < -0.39 is 37.7 Å². The van der Waals surface area contributed by atoms with Crippen molar-refractivity contribution in [3.8, 4) is 0 Å². The predicted octanol–water partition coefficient (Wildman–Crippen LogP) is 9.07. The molecule has 2 fully saturated rings. The average Bonchev–Trinajstić information content (AvgIpc) is 3.46. The van der Waals surface area contributed by atoms with Gasteiger partial charge in [0.15, 0.2) is 8.32 Å². The quantitative estimate of drug-likeness (QED) is 0.0843. The third-order valence-corrected chi connectivity index (χ3v) is 10.8. The van der Waals surface area contributed by atoms with Crippen LogP contribution in [-0.2, 0) is 28.2 Å². The summed E-state index contributed by atoms with van der Waals surface area (Å²) in [4.78, 5) is 24.6. The van der Waals surface area contributed by atoms with Crippen molar-refractivity contribution in [2.75, 3.05) is 0 Å². The Hall–Kier alpha value is -3.26.